The molecule has 2 aromatic carbocycles. The molecule has 0 spiro atoms. The van der Waals surface area contributed by atoms with Crippen molar-refractivity contribution < 1.29 is 26.7 Å². The fraction of sp³-hybridized carbons (Fsp3) is 0.263. The highest BCUT2D eigenvalue weighted by molar-refractivity contribution is 5.94. The second-order valence-corrected chi connectivity index (χ2v) is 6.25. The van der Waals surface area contributed by atoms with Gasteiger partial charge in [-0.05, 0) is 36.4 Å². The van der Waals surface area contributed by atoms with Crippen LogP contribution < -0.4 is 4.90 Å². The van der Waals surface area contributed by atoms with Crippen LogP contribution in [0.15, 0.2) is 36.4 Å². The van der Waals surface area contributed by atoms with Crippen molar-refractivity contribution in [2.24, 2.45) is 0 Å². The number of hydrogen-bond acceptors (Lipinski definition) is 3. The number of anilines is 1. The van der Waals surface area contributed by atoms with E-state index in [1.165, 1.54) is 17.0 Å². The van der Waals surface area contributed by atoms with Crippen molar-refractivity contribution in [3.8, 4) is 6.07 Å². The maximum absolute atomic E-state index is 13.3. The first-order chi connectivity index (χ1) is 13.2. The molecule has 1 aliphatic rings. The average Bonchev–Trinajstić information content (AvgIpc) is 2.68. The second-order valence-electron chi connectivity index (χ2n) is 6.25. The van der Waals surface area contributed by atoms with E-state index < -0.39 is 29.3 Å². The van der Waals surface area contributed by atoms with Gasteiger partial charge in [0, 0.05) is 31.7 Å². The van der Waals surface area contributed by atoms with Gasteiger partial charge in [-0.1, -0.05) is 0 Å². The quantitative estimate of drug-likeness (QED) is 0.727. The smallest absolute Gasteiger partial charge is 0.367 e. The topological polar surface area (TPSA) is 47.3 Å². The molecular weight excluding hydrogens is 381 g/mol. The summed E-state index contributed by atoms with van der Waals surface area (Å²) in [5, 5.41) is 9.20. The molecule has 0 N–H and O–H groups in total. The number of nitrogens with zero attached hydrogens (tertiary/aromatic N) is 3. The van der Waals surface area contributed by atoms with Gasteiger partial charge in [-0.25, -0.2) is 8.78 Å². The predicted octanol–water partition coefficient (Wildman–Crippen LogP) is 3.82. The van der Waals surface area contributed by atoms with E-state index in [1.54, 1.807) is 11.0 Å². The number of alkyl halides is 3. The number of halogens is 5. The zero-order valence-electron chi connectivity index (χ0n) is 14.4. The summed E-state index contributed by atoms with van der Waals surface area (Å²) in [6, 6.07) is 7.63. The third kappa shape index (κ3) is 3.91. The minimum Gasteiger partial charge on any atom is -0.367 e. The van der Waals surface area contributed by atoms with E-state index in [4.69, 9.17) is 0 Å². The van der Waals surface area contributed by atoms with Crippen molar-refractivity contribution in [1.82, 2.24) is 4.90 Å². The van der Waals surface area contributed by atoms with E-state index in [2.05, 4.69) is 0 Å². The van der Waals surface area contributed by atoms with E-state index in [-0.39, 0.29) is 37.3 Å². The SMILES string of the molecule is N#Cc1cc(C(F)(F)F)ccc1N1CCN(C(=O)c2ccc(F)c(F)c2)CC1. The Hall–Kier alpha value is -3.15. The summed E-state index contributed by atoms with van der Waals surface area (Å²) in [4.78, 5) is 15.6. The van der Waals surface area contributed by atoms with Gasteiger partial charge in [0.05, 0.1) is 16.8 Å². The summed E-state index contributed by atoms with van der Waals surface area (Å²) in [6.45, 7) is 1.03. The fourth-order valence-corrected chi connectivity index (χ4v) is 3.04. The fourth-order valence-electron chi connectivity index (χ4n) is 3.04. The highest BCUT2D eigenvalue weighted by atomic mass is 19.4. The zero-order chi connectivity index (χ0) is 20.5. The summed E-state index contributed by atoms with van der Waals surface area (Å²) >= 11 is 0. The molecule has 1 amide bonds. The van der Waals surface area contributed by atoms with Crippen LogP contribution in [0, 0.1) is 23.0 Å². The molecule has 28 heavy (non-hydrogen) atoms. The van der Waals surface area contributed by atoms with Crippen molar-refractivity contribution in [3.05, 3.63) is 64.7 Å². The molecule has 0 radical (unpaired) electrons. The number of piperazine rings is 1. The summed E-state index contributed by atoms with van der Waals surface area (Å²) in [5.41, 5.74) is -0.634. The van der Waals surface area contributed by atoms with Crippen LogP contribution in [-0.2, 0) is 6.18 Å². The molecule has 3 rings (SSSR count). The molecule has 0 aliphatic carbocycles. The minimum atomic E-state index is -4.54. The monoisotopic (exact) mass is 395 g/mol. The molecule has 0 aromatic heterocycles. The molecule has 0 saturated carbocycles. The van der Waals surface area contributed by atoms with Crippen LogP contribution in [0.5, 0.6) is 0 Å². The zero-order valence-corrected chi connectivity index (χ0v) is 14.4. The molecule has 2 aromatic rings. The van der Waals surface area contributed by atoms with Crippen molar-refractivity contribution in [3.63, 3.8) is 0 Å². The number of hydrogen-bond donors (Lipinski definition) is 0. The van der Waals surface area contributed by atoms with Crippen LogP contribution in [0.4, 0.5) is 27.6 Å². The number of rotatable bonds is 2. The van der Waals surface area contributed by atoms with Crippen molar-refractivity contribution in [1.29, 1.82) is 5.26 Å². The van der Waals surface area contributed by atoms with Crippen LogP contribution in [0.25, 0.3) is 0 Å². The highest BCUT2D eigenvalue weighted by Gasteiger charge is 2.32. The Balaban J connectivity index is 1.72. The number of benzene rings is 2. The van der Waals surface area contributed by atoms with Crippen LogP contribution in [0.3, 0.4) is 0 Å². The molecule has 9 heteroatoms. The van der Waals surface area contributed by atoms with Crippen LogP contribution in [0.2, 0.25) is 0 Å². The molecule has 0 unspecified atom stereocenters. The molecule has 0 bridgehead atoms. The molecule has 146 valence electrons. The second kappa shape index (κ2) is 7.46. The maximum atomic E-state index is 13.3. The van der Waals surface area contributed by atoms with Gasteiger partial charge in [-0.2, -0.15) is 18.4 Å². The molecule has 1 saturated heterocycles. The highest BCUT2D eigenvalue weighted by Crippen LogP contribution is 2.33. The summed E-state index contributed by atoms with van der Waals surface area (Å²) in [7, 11) is 0. The van der Waals surface area contributed by atoms with Crippen molar-refractivity contribution >= 4 is 11.6 Å². The van der Waals surface area contributed by atoms with Gasteiger partial charge in [0.15, 0.2) is 11.6 Å². The molecule has 1 fully saturated rings. The number of nitriles is 1. The van der Waals surface area contributed by atoms with Gasteiger partial charge in [-0.15, -0.1) is 0 Å². The third-order valence-corrected chi connectivity index (χ3v) is 4.52. The van der Waals surface area contributed by atoms with Crippen LogP contribution in [-0.4, -0.2) is 37.0 Å². The number of carbonyl (C=O) groups is 1. The predicted molar refractivity (Wildman–Crippen MR) is 90.6 cm³/mol. The first kappa shape index (κ1) is 19.6. The van der Waals surface area contributed by atoms with Gasteiger partial charge in [0.2, 0.25) is 0 Å². The first-order valence-corrected chi connectivity index (χ1v) is 8.31. The molecule has 4 nitrogen and oxygen atoms in total. The molecular formula is C19H14F5N3O. The van der Waals surface area contributed by atoms with Crippen molar-refractivity contribution in [2.45, 2.75) is 6.18 Å². The van der Waals surface area contributed by atoms with Gasteiger partial charge < -0.3 is 9.80 Å². The number of carbonyl (C=O) groups excluding carboxylic acids is 1. The Morgan fingerprint density at radius 3 is 2.21 bits per heavy atom. The number of amides is 1. The van der Waals surface area contributed by atoms with E-state index >= 15 is 0 Å². The van der Waals surface area contributed by atoms with Gasteiger partial charge in [0.1, 0.15) is 6.07 Å². The lowest BCUT2D eigenvalue weighted by Crippen LogP contribution is -2.49. The molecule has 1 heterocycles. The lowest BCUT2D eigenvalue weighted by atomic mass is 10.1. The van der Waals surface area contributed by atoms with E-state index in [0.29, 0.717) is 5.69 Å². The van der Waals surface area contributed by atoms with Gasteiger partial charge in [0.25, 0.3) is 5.91 Å². The van der Waals surface area contributed by atoms with E-state index in [0.717, 1.165) is 24.3 Å². The minimum absolute atomic E-state index is 0.0135. The summed E-state index contributed by atoms with van der Waals surface area (Å²) < 4.78 is 64.8. The third-order valence-electron chi connectivity index (χ3n) is 4.52. The lowest BCUT2D eigenvalue weighted by Gasteiger charge is -2.36. The Labute approximate surface area is 157 Å². The normalized spacial score (nSPS) is 14.7. The maximum Gasteiger partial charge on any atom is 0.416 e. The lowest BCUT2D eigenvalue weighted by molar-refractivity contribution is -0.137. The van der Waals surface area contributed by atoms with E-state index in [1.807, 2.05) is 0 Å². The first-order valence-electron chi connectivity index (χ1n) is 8.31. The van der Waals surface area contributed by atoms with Crippen molar-refractivity contribution in [2.75, 3.05) is 31.1 Å². The average molecular weight is 395 g/mol. The molecule has 0 atom stereocenters. The largest absolute Gasteiger partial charge is 0.416 e. The Bertz CT molecular complexity index is 944. The van der Waals surface area contributed by atoms with Crippen LogP contribution >= 0.6 is 0 Å². The van der Waals surface area contributed by atoms with Gasteiger partial charge >= 0.3 is 6.18 Å². The Kier molecular flexibility index (Phi) is 5.23. The van der Waals surface area contributed by atoms with Crippen LogP contribution in [0.1, 0.15) is 21.5 Å². The van der Waals surface area contributed by atoms with Gasteiger partial charge in [-0.3, -0.25) is 4.79 Å². The summed E-state index contributed by atoms with van der Waals surface area (Å²) in [6.07, 6.45) is -4.54. The Morgan fingerprint density at radius 1 is 0.964 bits per heavy atom. The Morgan fingerprint density at radius 2 is 1.64 bits per heavy atom. The molecule has 1 aliphatic heterocycles. The standard InChI is InChI=1S/C19H14F5N3O/c20-15-3-1-12(10-16(15)21)18(28)27-7-5-26(6-8-27)17-4-2-14(19(22,23)24)9-13(17)11-25/h1-4,9-10H,5-8H2. The summed E-state index contributed by atoms with van der Waals surface area (Å²) in [5.74, 6) is -2.63. The van der Waals surface area contributed by atoms with E-state index in [9.17, 15) is 32.0 Å².